The molecular weight excluding hydrogens is 262 g/mol. The van der Waals surface area contributed by atoms with E-state index in [0.717, 1.165) is 22.5 Å². The fourth-order valence-electron chi connectivity index (χ4n) is 2.19. The van der Waals surface area contributed by atoms with Gasteiger partial charge in [0.1, 0.15) is 0 Å². The topological polar surface area (TPSA) is 67.4 Å². The summed E-state index contributed by atoms with van der Waals surface area (Å²) >= 11 is 0. The monoisotopic (exact) mass is 275 g/mol. The second-order valence-electron chi connectivity index (χ2n) is 4.78. The first-order valence-electron chi connectivity index (χ1n) is 6.59. The van der Waals surface area contributed by atoms with Crippen LogP contribution in [-0.2, 0) is 6.54 Å². The zero-order valence-corrected chi connectivity index (χ0v) is 11.6. The lowest BCUT2D eigenvalue weighted by Gasteiger charge is -2.07. The Kier molecular flexibility index (Phi) is 3.44. The minimum atomic E-state index is 0.572. The molecule has 0 aliphatic carbocycles. The van der Waals surface area contributed by atoms with Crippen molar-refractivity contribution < 1.29 is 0 Å². The number of tetrazole rings is 1. The first-order chi connectivity index (χ1) is 10.3. The first kappa shape index (κ1) is 13.0. The maximum Gasteiger partial charge on any atom is 0.182 e. The van der Waals surface area contributed by atoms with Crippen molar-refractivity contribution in [2.75, 3.05) is 0 Å². The number of rotatable bonds is 3. The molecular formula is C16H13N5. The van der Waals surface area contributed by atoms with Crippen molar-refractivity contribution in [2.45, 2.75) is 13.5 Å². The van der Waals surface area contributed by atoms with Crippen molar-refractivity contribution >= 4 is 0 Å². The van der Waals surface area contributed by atoms with Gasteiger partial charge in [0, 0.05) is 5.56 Å². The predicted octanol–water partition coefficient (Wildman–Crippen LogP) is 2.57. The quantitative estimate of drug-likeness (QED) is 0.736. The van der Waals surface area contributed by atoms with E-state index in [0.29, 0.717) is 12.1 Å². The molecule has 0 amide bonds. The molecule has 0 N–H and O–H groups in total. The van der Waals surface area contributed by atoms with Gasteiger partial charge in [0.05, 0.1) is 18.2 Å². The van der Waals surface area contributed by atoms with Gasteiger partial charge < -0.3 is 0 Å². The van der Waals surface area contributed by atoms with Crippen molar-refractivity contribution in [3.05, 3.63) is 65.2 Å². The highest BCUT2D eigenvalue weighted by atomic mass is 15.5. The number of nitriles is 1. The van der Waals surface area contributed by atoms with Gasteiger partial charge >= 0.3 is 0 Å². The van der Waals surface area contributed by atoms with Gasteiger partial charge in [-0.15, -0.1) is 5.10 Å². The maximum absolute atomic E-state index is 8.82. The van der Waals surface area contributed by atoms with E-state index < -0.39 is 0 Å². The zero-order valence-electron chi connectivity index (χ0n) is 11.6. The summed E-state index contributed by atoms with van der Waals surface area (Å²) in [7, 11) is 0. The van der Waals surface area contributed by atoms with Crippen molar-refractivity contribution in [3.63, 3.8) is 0 Å². The van der Waals surface area contributed by atoms with Gasteiger partial charge in [-0.25, -0.2) is 4.68 Å². The Morgan fingerprint density at radius 2 is 1.86 bits per heavy atom. The van der Waals surface area contributed by atoms with Gasteiger partial charge in [0.2, 0.25) is 0 Å². The zero-order chi connectivity index (χ0) is 14.7. The molecule has 5 nitrogen and oxygen atoms in total. The van der Waals surface area contributed by atoms with Crippen LogP contribution in [0.4, 0.5) is 0 Å². The number of nitrogens with zero attached hydrogens (tertiary/aromatic N) is 5. The standard InChI is InChI=1S/C16H13N5/c1-12-4-2-3-5-15(12)16-18-19-20-21(16)11-14-8-6-13(10-17)7-9-14/h2-9H,11H2,1H3. The van der Waals surface area contributed by atoms with Crippen molar-refractivity contribution in [1.82, 2.24) is 20.2 Å². The van der Waals surface area contributed by atoms with Gasteiger partial charge in [-0.05, 0) is 40.6 Å². The molecule has 5 heteroatoms. The number of benzene rings is 2. The molecule has 0 spiro atoms. The lowest BCUT2D eigenvalue weighted by molar-refractivity contribution is 0.653. The van der Waals surface area contributed by atoms with Crippen LogP contribution in [-0.4, -0.2) is 20.2 Å². The molecule has 0 bridgehead atoms. The highest BCUT2D eigenvalue weighted by Crippen LogP contribution is 2.20. The highest BCUT2D eigenvalue weighted by Gasteiger charge is 2.11. The van der Waals surface area contributed by atoms with Crippen molar-refractivity contribution in [3.8, 4) is 17.5 Å². The second-order valence-corrected chi connectivity index (χ2v) is 4.78. The minimum Gasteiger partial charge on any atom is -0.221 e. The summed E-state index contributed by atoms with van der Waals surface area (Å²) in [6.07, 6.45) is 0. The Morgan fingerprint density at radius 1 is 1.10 bits per heavy atom. The van der Waals surface area contributed by atoms with Crippen LogP contribution in [0, 0.1) is 18.3 Å². The average molecular weight is 275 g/mol. The number of hydrogen-bond acceptors (Lipinski definition) is 4. The van der Waals surface area contributed by atoms with Gasteiger partial charge in [-0.2, -0.15) is 5.26 Å². The van der Waals surface area contributed by atoms with E-state index in [2.05, 4.69) is 21.6 Å². The van der Waals surface area contributed by atoms with Gasteiger partial charge in [-0.1, -0.05) is 36.4 Å². The Hall–Kier alpha value is -3.00. The lowest BCUT2D eigenvalue weighted by atomic mass is 10.1. The van der Waals surface area contributed by atoms with Crippen LogP contribution in [0.3, 0.4) is 0 Å². The van der Waals surface area contributed by atoms with Crippen LogP contribution < -0.4 is 0 Å². The third-order valence-corrected chi connectivity index (χ3v) is 3.33. The molecule has 3 rings (SSSR count). The minimum absolute atomic E-state index is 0.572. The molecule has 102 valence electrons. The molecule has 3 aromatic rings. The van der Waals surface area contributed by atoms with Crippen molar-refractivity contribution in [1.29, 1.82) is 5.26 Å². The Morgan fingerprint density at radius 3 is 2.57 bits per heavy atom. The number of aryl methyl sites for hydroxylation is 1. The van der Waals surface area contributed by atoms with E-state index in [1.165, 1.54) is 0 Å². The summed E-state index contributed by atoms with van der Waals surface area (Å²) < 4.78 is 1.77. The highest BCUT2D eigenvalue weighted by molar-refractivity contribution is 5.59. The summed E-state index contributed by atoms with van der Waals surface area (Å²) in [5.41, 5.74) is 3.86. The molecule has 0 fully saturated rings. The largest absolute Gasteiger partial charge is 0.221 e. The first-order valence-corrected chi connectivity index (χ1v) is 6.59. The van der Waals surface area contributed by atoms with E-state index in [1.807, 2.05) is 43.3 Å². The number of hydrogen-bond donors (Lipinski definition) is 0. The molecule has 1 heterocycles. The summed E-state index contributed by atoms with van der Waals surface area (Å²) in [4.78, 5) is 0. The van der Waals surface area contributed by atoms with Crippen molar-refractivity contribution in [2.24, 2.45) is 0 Å². The van der Waals surface area contributed by atoms with Gasteiger partial charge in [0.25, 0.3) is 0 Å². The molecule has 0 unspecified atom stereocenters. The van der Waals surface area contributed by atoms with Gasteiger partial charge in [-0.3, -0.25) is 0 Å². The van der Waals surface area contributed by atoms with Crippen LogP contribution in [0.1, 0.15) is 16.7 Å². The summed E-state index contributed by atoms with van der Waals surface area (Å²) in [5.74, 6) is 0.748. The molecule has 1 aromatic heterocycles. The lowest BCUT2D eigenvalue weighted by Crippen LogP contribution is -2.05. The fraction of sp³-hybridized carbons (Fsp3) is 0.125. The van der Waals surface area contributed by atoms with E-state index in [4.69, 9.17) is 5.26 Å². The molecule has 0 saturated carbocycles. The SMILES string of the molecule is Cc1ccccc1-c1nnnn1Cc1ccc(C#N)cc1. The maximum atomic E-state index is 8.82. The third kappa shape index (κ3) is 2.65. The molecule has 0 aliphatic heterocycles. The Bertz CT molecular complexity index is 796. The number of aromatic nitrogens is 4. The van der Waals surface area contributed by atoms with E-state index in [1.54, 1.807) is 16.8 Å². The van der Waals surface area contributed by atoms with E-state index in [9.17, 15) is 0 Å². The molecule has 2 aromatic carbocycles. The molecule has 0 atom stereocenters. The van der Waals surface area contributed by atoms with Gasteiger partial charge in [0.15, 0.2) is 5.82 Å². The summed E-state index contributed by atoms with van der Waals surface area (Å²) in [6, 6.07) is 17.6. The second kappa shape index (κ2) is 5.55. The average Bonchev–Trinajstić information content (AvgIpc) is 2.96. The van der Waals surface area contributed by atoms with Crippen LogP contribution in [0.25, 0.3) is 11.4 Å². The Balaban J connectivity index is 1.92. The fourth-order valence-corrected chi connectivity index (χ4v) is 2.19. The third-order valence-electron chi connectivity index (χ3n) is 3.33. The van der Waals surface area contributed by atoms with E-state index >= 15 is 0 Å². The summed E-state index contributed by atoms with van der Waals surface area (Å²) in [5, 5.41) is 20.8. The normalized spacial score (nSPS) is 10.3. The van der Waals surface area contributed by atoms with E-state index in [-0.39, 0.29) is 0 Å². The smallest absolute Gasteiger partial charge is 0.182 e. The predicted molar refractivity (Wildman–Crippen MR) is 78.2 cm³/mol. The molecule has 0 saturated heterocycles. The summed E-state index contributed by atoms with van der Waals surface area (Å²) in [6.45, 7) is 2.61. The molecule has 0 radical (unpaired) electrons. The molecule has 0 aliphatic rings. The molecule has 21 heavy (non-hydrogen) atoms. The van der Waals surface area contributed by atoms with Crippen LogP contribution in [0.2, 0.25) is 0 Å². The van der Waals surface area contributed by atoms with Crippen LogP contribution in [0.5, 0.6) is 0 Å². The van der Waals surface area contributed by atoms with Crippen LogP contribution in [0.15, 0.2) is 48.5 Å². The van der Waals surface area contributed by atoms with Crippen LogP contribution >= 0.6 is 0 Å². The Labute approximate surface area is 122 Å².